The van der Waals surface area contributed by atoms with Gasteiger partial charge in [0.15, 0.2) is 12.2 Å². The van der Waals surface area contributed by atoms with Gasteiger partial charge in [0.2, 0.25) is 0 Å². The van der Waals surface area contributed by atoms with E-state index in [1.54, 1.807) is 6.92 Å². The molecule has 1 N–H and O–H groups in total. The minimum atomic E-state index is -0.911. The fraction of sp³-hybridized carbons (Fsp3) is 0.526. The van der Waals surface area contributed by atoms with Crippen LogP contribution in [0.4, 0.5) is 0 Å². The van der Waals surface area contributed by atoms with Crippen LogP contribution in [0.25, 0.3) is 0 Å². The highest BCUT2D eigenvalue weighted by molar-refractivity contribution is 5.94. The summed E-state index contributed by atoms with van der Waals surface area (Å²) in [5.74, 6) is -1.42. The molecule has 1 aromatic carbocycles. The lowest BCUT2D eigenvalue weighted by molar-refractivity contribution is -0.149. The van der Waals surface area contributed by atoms with Crippen LogP contribution in [0.2, 0.25) is 0 Å². The van der Waals surface area contributed by atoms with E-state index in [2.05, 4.69) is 5.32 Å². The molecule has 0 spiro atoms. The van der Waals surface area contributed by atoms with E-state index in [0.717, 1.165) is 5.56 Å². The highest BCUT2D eigenvalue weighted by Crippen LogP contribution is 2.24. The van der Waals surface area contributed by atoms with Crippen LogP contribution in [0.1, 0.15) is 32.8 Å². The maximum Gasteiger partial charge on any atom is 0.338 e. The van der Waals surface area contributed by atoms with Crippen molar-refractivity contribution in [1.82, 2.24) is 5.32 Å². The SMILES string of the molecule is CCOC(=O)[C@H]1O[C@@H]1C(=O)N[C@@H](CC(C)C)C(=O)OCc1ccccc1. The van der Waals surface area contributed by atoms with Crippen molar-refractivity contribution in [3.63, 3.8) is 0 Å². The normalized spacial score (nSPS) is 19.5. The zero-order valence-electron chi connectivity index (χ0n) is 15.3. The molecular formula is C19H25NO6. The van der Waals surface area contributed by atoms with Gasteiger partial charge in [-0.25, -0.2) is 9.59 Å². The lowest BCUT2D eigenvalue weighted by atomic mass is 10.0. The molecule has 0 unspecified atom stereocenters. The van der Waals surface area contributed by atoms with Gasteiger partial charge >= 0.3 is 11.9 Å². The molecule has 1 fully saturated rings. The molecular weight excluding hydrogens is 338 g/mol. The molecule has 0 aromatic heterocycles. The molecule has 7 nitrogen and oxygen atoms in total. The Morgan fingerprint density at radius 1 is 1.12 bits per heavy atom. The van der Waals surface area contributed by atoms with Crippen LogP contribution in [0.5, 0.6) is 0 Å². The topological polar surface area (TPSA) is 94.2 Å². The van der Waals surface area contributed by atoms with E-state index in [0.29, 0.717) is 6.42 Å². The van der Waals surface area contributed by atoms with Crippen LogP contribution < -0.4 is 5.32 Å². The van der Waals surface area contributed by atoms with E-state index < -0.39 is 36.1 Å². The second-order valence-corrected chi connectivity index (χ2v) is 6.51. The van der Waals surface area contributed by atoms with Gasteiger partial charge in [0, 0.05) is 0 Å². The third-order valence-electron chi connectivity index (χ3n) is 3.80. The van der Waals surface area contributed by atoms with Crippen molar-refractivity contribution >= 4 is 17.8 Å². The number of carbonyl (C=O) groups is 3. The first-order chi connectivity index (χ1) is 12.4. The number of benzene rings is 1. The van der Waals surface area contributed by atoms with Crippen molar-refractivity contribution in [3.05, 3.63) is 35.9 Å². The number of epoxide rings is 1. The molecule has 1 amide bonds. The number of amides is 1. The molecule has 1 aliphatic rings. The summed E-state index contributed by atoms with van der Waals surface area (Å²) in [4.78, 5) is 36.2. The summed E-state index contributed by atoms with van der Waals surface area (Å²) >= 11 is 0. The molecule has 142 valence electrons. The largest absolute Gasteiger partial charge is 0.464 e. The van der Waals surface area contributed by atoms with Gasteiger partial charge in [-0.2, -0.15) is 0 Å². The lowest BCUT2D eigenvalue weighted by Crippen LogP contribution is -2.45. The average Bonchev–Trinajstić information content (AvgIpc) is 3.41. The van der Waals surface area contributed by atoms with Gasteiger partial charge in [0.1, 0.15) is 12.6 Å². The highest BCUT2D eigenvalue weighted by Gasteiger charge is 2.52. The third kappa shape index (κ3) is 5.84. The van der Waals surface area contributed by atoms with Gasteiger partial charge in [-0.3, -0.25) is 4.79 Å². The predicted octanol–water partition coefficient (Wildman–Crippen LogP) is 1.59. The Morgan fingerprint density at radius 3 is 2.42 bits per heavy atom. The lowest BCUT2D eigenvalue weighted by Gasteiger charge is -2.19. The van der Waals surface area contributed by atoms with Crippen molar-refractivity contribution in [2.24, 2.45) is 5.92 Å². The van der Waals surface area contributed by atoms with Crippen LogP contribution in [-0.4, -0.2) is 42.7 Å². The van der Waals surface area contributed by atoms with E-state index in [1.807, 2.05) is 44.2 Å². The fourth-order valence-corrected chi connectivity index (χ4v) is 2.48. The smallest absolute Gasteiger partial charge is 0.338 e. The second kappa shape index (κ2) is 9.33. The summed E-state index contributed by atoms with van der Waals surface area (Å²) in [7, 11) is 0. The van der Waals surface area contributed by atoms with Gasteiger partial charge in [0.05, 0.1) is 6.61 Å². The van der Waals surface area contributed by atoms with Crippen LogP contribution >= 0.6 is 0 Å². The molecule has 0 bridgehead atoms. The van der Waals surface area contributed by atoms with Gasteiger partial charge in [-0.15, -0.1) is 0 Å². The molecule has 1 aliphatic heterocycles. The fourth-order valence-electron chi connectivity index (χ4n) is 2.48. The van der Waals surface area contributed by atoms with Crippen molar-refractivity contribution < 1.29 is 28.6 Å². The number of ether oxygens (including phenoxy) is 3. The maximum atomic E-state index is 12.4. The van der Waals surface area contributed by atoms with Gasteiger partial charge < -0.3 is 19.5 Å². The Labute approximate surface area is 153 Å². The average molecular weight is 363 g/mol. The molecule has 1 saturated heterocycles. The zero-order valence-corrected chi connectivity index (χ0v) is 15.3. The monoisotopic (exact) mass is 363 g/mol. The molecule has 0 saturated carbocycles. The summed E-state index contributed by atoms with van der Waals surface area (Å²) in [5.41, 5.74) is 0.864. The number of nitrogens with one attached hydrogen (secondary N) is 1. The van der Waals surface area contributed by atoms with Crippen LogP contribution in [-0.2, 0) is 35.2 Å². The van der Waals surface area contributed by atoms with Crippen LogP contribution in [0, 0.1) is 5.92 Å². The molecule has 2 rings (SSSR count). The first kappa shape index (κ1) is 19.9. The second-order valence-electron chi connectivity index (χ2n) is 6.51. The minimum Gasteiger partial charge on any atom is -0.464 e. The van der Waals surface area contributed by atoms with Crippen molar-refractivity contribution in [1.29, 1.82) is 0 Å². The van der Waals surface area contributed by atoms with E-state index in [4.69, 9.17) is 14.2 Å². The Balaban J connectivity index is 1.89. The quantitative estimate of drug-likeness (QED) is 0.529. The summed E-state index contributed by atoms with van der Waals surface area (Å²) in [6.07, 6.45) is -1.38. The predicted molar refractivity (Wildman–Crippen MR) is 92.9 cm³/mol. The van der Waals surface area contributed by atoms with Crippen LogP contribution in [0.15, 0.2) is 30.3 Å². The first-order valence-electron chi connectivity index (χ1n) is 8.75. The Morgan fingerprint density at radius 2 is 1.81 bits per heavy atom. The Bertz CT molecular complexity index is 630. The van der Waals surface area contributed by atoms with Gasteiger partial charge in [-0.05, 0) is 24.8 Å². The molecule has 0 radical (unpaired) electrons. The van der Waals surface area contributed by atoms with Crippen molar-refractivity contribution in [2.45, 2.75) is 52.0 Å². The summed E-state index contributed by atoms with van der Waals surface area (Å²) in [6.45, 7) is 5.92. The zero-order chi connectivity index (χ0) is 19.1. The molecule has 0 aliphatic carbocycles. The van der Waals surface area contributed by atoms with Crippen molar-refractivity contribution in [2.75, 3.05) is 6.61 Å². The highest BCUT2D eigenvalue weighted by atomic mass is 16.6. The molecule has 3 atom stereocenters. The molecule has 26 heavy (non-hydrogen) atoms. The van der Waals surface area contributed by atoms with E-state index >= 15 is 0 Å². The maximum absolute atomic E-state index is 12.4. The Kier molecular flexibility index (Phi) is 7.15. The molecule has 1 heterocycles. The van der Waals surface area contributed by atoms with Gasteiger partial charge in [0.25, 0.3) is 5.91 Å². The minimum absolute atomic E-state index is 0.134. The number of rotatable bonds is 9. The van der Waals surface area contributed by atoms with E-state index in [1.165, 1.54) is 0 Å². The third-order valence-corrected chi connectivity index (χ3v) is 3.80. The number of hydrogen-bond acceptors (Lipinski definition) is 6. The summed E-state index contributed by atoms with van der Waals surface area (Å²) < 4.78 is 15.2. The number of carbonyl (C=O) groups excluding carboxylic acids is 3. The van der Waals surface area contributed by atoms with Gasteiger partial charge in [-0.1, -0.05) is 44.2 Å². The standard InChI is InChI=1S/C19H25NO6/c1-4-24-19(23)16-15(26-16)17(21)20-14(10-12(2)3)18(22)25-11-13-8-6-5-7-9-13/h5-9,12,14-16H,4,10-11H2,1-3H3,(H,20,21)/t14-,15-,16-/m0/s1. The summed E-state index contributed by atoms with van der Waals surface area (Å²) in [6, 6.07) is 8.50. The van der Waals surface area contributed by atoms with Crippen molar-refractivity contribution in [3.8, 4) is 0 Å². The molecule has 7 heteroatoms. The first-order valence-corrected chi connectivity index (χ1v) is 8.75. The molecule has 1 aromatic rings. The van der Waals surface area contributed by atoms with E-state index in [-0.39, 0.29) is 19.1 Å². The Hall–Kier alpha value is -2.41. The van der Waals surface area contributed by atoms with Crippen LogP contribution in [0.3, 0.4) is 0 Å². The number of esters is 2. The summed E-state index contributed by atoms with van der Waals surface area (Å²) in [5, 5.41) is 2.63. The number of hydrogen-bond donors (Lipinski definition) is 1. The van der Waals surface area contributed by atoms with E-state index in [9.17, 15) is 14.4 Å².